The Bertz CT molecular complexity index is 3200. The SMILES string of the molecule is c1ccc(-c2nc(-c3ccc4sc5cccc(-c6nc(-c7ccccc7)nc(-c7ccccc7)n6)c5c4c3)nc(-c3cccc4oc5ccccc5c34)n2)cc1. The van der Waals surface area contributed by atoms with Crippen molar-refractivity contribution in [1.82, 2.24) is 29.9 Å². The van der Waals surface area contributed by atoms with E-state index in [9.17, 15) is 0 Å². The smallest absolute Gasteiger partial charge is 0.164 e. The van der Waals surface area contributed by atoms with E-state index < -0.39 is 0 Å². The summed E-state index contributed by atoms with van der Waals surface area (Å²) in [5, 5.41) is 4.15. The molecule has 7 nitrogen and oxygen atoms in total. The van der Waals surface area contributed by atoms with E-state index in [0.29, 0.717) is 34.9 Å². The highest BCUT2D eigenvalue weighted by Gasteiger charge is 2.20. The fraction of sp³-hybridized carbons (Fsp3) is 0. The lowest BCUT2D eigenvalue weighted by Crippen LogP contribution is -2.00. The average Bonchev–Trinajstić information content (AvgIpc) is 3.85. The van der Waals surface area contributed by atoms with Crippen molar-refractivity contribution in [3.05, 3.63) is 170 Å². The highest BCUT2D eigenvalue weighted by atomic mass is 32.1. The van der Waals surface area contributed by atoms with Crippen molar-refractivity contribution in [2.24, 2.45) is 0 Å². The van der Waals surface area contributed by atoms with Gasteiger partial charge in [0.2, 0.25) is 0 Å². The van der Waals surface area contributed by atoms with Gasteiger partial charge in [0.05, 0.1) is 0 Å². The number of furan rings is 1. The number of thiophene rings is 1. The molecule has 56 heavy (non-hydrogen) atoms. The van der Waals surface area contributed by atoms with Gasteiger partial charge in [0.15, 0.2) is 34.9 Å². The molecule has 0 bridgehead atoms. The molecule has 4 aromatic heterocycles. The molecule has 11 aromatic rings. The minimum atomic E-state index is 0.578. The molecule has 7 aromatic carbocycles. The molecule has 0 spiro atoms. The maximum Gasteiger partial charge on any atom is 0.164 e. The Morgan fingerprint density at radius 1 is 0.321 bits per heavy atom. The van der Waals surface area contributed by atoms with Crippen molar-refractivity contribution in [3.8, 4) is 68.3 Å². The quantitative estimate of drug-likeness (QED) is 0.168. The van der Waals surface area contributed by atoms with Gasteiger partial charge in [-0.05, 0) is 36.4 Å². The van der Waals surface area contributed by atoms with Crippen molar-refractivity contribution in [2.45, 2.75) is 0 Å². The second-order valence-corrected chi connectivity index (χ2v) is 14.6. The first-order chi connectivity index (χ1) is 27.7. The van der Waals surface area contributed by atoms with Gasteiger partial charge in [-0.2, -0.15) is 0 Å². The Morgan fingerprint density at radius 2 is 0.804 bits per heavy atom. The number of aromatic nitrogens is 6. The van der Waals surface area contributed by atoms with E-state index in [4.69, 9.17) is 34.3 Å². The first-order valence-corrected chi connectivity index (χ1v) is 19.1. The van der Waals surface area contributed by atoms with Crippen LogP contribution in [0.5, 0.6) is 0 Å². The molecule has 0 radical (unpaired) electrons. The van der Waals surface area contributed by atoms with E-state index in [1.54, 1.807) is 11.3 Å². The zero-order valence-corrected chi connectivity index (χ0v) is 30.5. The summed E-state index contributed by atoms with van der Waals surface area (Å²) in [6, 6.07) is 57.1. The summed E-state index contributed by atoms with van der Waals surface area (Å²) < 4.78 is 8.53. The van der Waals surface area contributed by atoms with Crippen molar-refractivity contribution < 1.29 is 4.42 Å². The van der Waals surface area contributed by atoms with Crippen molar-refractivity contribution in [3.63, 3.8) is 0 Å². The number of hydrogen-bond donors (Lipinski definition) is 0. The van der Waals surface area contributed by atoms with Crippen molar-refractivity contribution >= 4 is 53.4 Å². The minimum absolute atomic E-state index is 0.578. The maximum absolute atomic E-state index is 6.25. The molecule has 0 aliphatic carbocycles. The third-order valence-electron chi connectivity index (χ3n) is 10.0. The lowest BCUT2D eigenvalue weighted by molar-refractivity contribution is 0.669. The van der Waals surface area contributed by atoms with Gasteiger partial charge in [-0.25, -0.2) is 29.9 Å². The first-order valence-electron chi connectivity index (χ1n) is 18.3. The van der Waals surface area contributed by atoms with E-state index in [0.717, 1.165) is 75.5 Å². The maximum atomic E-state index is 6.25. The summed E-state index contributed by atoms with van der Waals surface area (Å²) in [4.78, 5) is 30.5. The van der Waals surface area contributed by atoms with Crippen molar-refractivity contribution in [1.29, 1.82) is 0 Å². The molecule has 262 valence electrons. The Kier molecular flexibility index (Phi) is 7.53. The second-order valence-electron chi connectivity index (χ2n) is 13.5. The molecule has 11 rings (SSSR count). The summed E-state index contributed by atoms with van der Waals surface area (Å²) >= 11 is 1.74. The van der Waals surface area contributed by atoms with Gasteiger partial charge in [0.25, 0.3) is 0 Å². The lowest BCUT2D eigenvalue weighted by Gasteiger charge is -2.10. The van der Waals surface area contributed by atoms with Gasteiger partial charge in [-0.15, -0.1) is 11.3 Å². The van der Waals surface area contributed by atoms with E-state index in [-0.39, 0.29) is 0 Å². The van der Waals surface area contributed by atoms with Gasteiger partial charge < -0.3 is 4.42 Å². The second kappa shape index (κ2) is 13.2. The normalized spacial score (nSPS) is 11.6. The molecule has 0 aliphatic rings. The van der Waals surface area contributed by atoms with Gasteiger partial charge >= 0.3 is 0 Å². The first kappa shape index (κ1) is 32.0. The average molecular weight is 737 g/mol. The molecule has 0 atom stereocenters. The van der Waals surface area contributed by atoms with Crippen LogP contribution < -0.4 is 0 Å². The van der Waals surface area contributed by atoms with Crippen LogP contribution in [0, 0.1) is 0 Å². The number of nitrogens with zero attached hydrogens (tertiary/aromatic N) is 6. The van der Waals surface area contributed by atoms with E-state index >= 15 is 0 Å². The summed E-state index contributed by atoms with van der Waals surface area (Å²) in [7, 11) is 0. The van der Waals surface area contributed by atoms with Crippen LogP contribution in [0.2, 0.25) is 0 Å². The molecule has 0 unspecified atom stereocenters. The summed E-state index contributed by atoms with van der Waals surface area (Å²) in [5.41, 5.74) is 7.07. The Hall–Kier alpha value is -7.42. The molecular formula is C48H28N6OS. The molecule has 0 aliphatic heterocycles. The number of hydrogen-bond acceptors (Lipinski definition) is 8. The van der Waals surface area contributed by atoms with Gasteiger partial charge in [0, 0.05) is 64.3 Å². The fourth-order valence-corrected chi connectivity index (χ4v) is 8.50. The van der Waals surface area contributed by atoms with Crippen molar-refractivity contribution in [2.75, 3.05) is 0 Å². The van der Waals surface area contributed by atoms with Crippen LogP contribution in [0.4, 0.5) is 0 Å². The summed E-state index contributed by atoms with van der Waals surface area (Å²) in [5.74, 6) is 3.61. The Labute approximate surface area is 324 Å². The molecule has 0 saturated heterocycles. The third-order valence-corrected chi connectivity index (χ3v) is 11.1. The number of fused-ring (bicyclic) bond motifs is 6. The van der Waals surface area contributed by atoms with Gasteiger partial charge in [0.1, 0.15) is 11.2 Å². The molecule has 0 amide bonds. The lowest BCUT2D eigenvalue weighted by atomic mass is 10.0. The van der Waals surface area contributed by atoms with Crippen LogP contribution >= 0.6 is 11.3 Å². The third kappa shape index (κ3) is 5.51. The van der Waals surface area contributed by atoms with Crippen LogP contribution in [-0.2, 0) is 0 Å². The van der Waals surface area contributed by atoms with Crippen LogP contribution in [-0.4, -0.2) is 29.9 Å². The van der Waals surface area contributed by atoms with E-state index in [1.165, 1.54) is 0 Å². The number of benzene rings is 7. The Morgan fingerprint density at radius 3 is 1.41 bits per heavy atom. The monoisotopic (exact) mass is 736 g/mol. The summed E-state index contributed by atoms with van der Waals surface area (Å²) in [6.07, 6.45) is 0. The predicted molar refractivity (Wildman–Crippen MR) is 226 cm³/mol. The highest BCUT2D eigenvalue weighted by molar-refractivity contribution is 7.26. The highest BCUT2D eigenvalue weighted by Crippen LogP contribution is 2.42. The minimum Gasteiger partial charge on any atom is -0.456 e. The van der Waals surface area contributed by atoms with Crippen LogP contribution in [0.15, 0.2) is 174 Å². The number of rotatable bonds is 6. The van der Waals surface area contributed by atoms with Gasteiger partial charge in [-0.1, -0.05) is 133 Å². The topological polar surface area (TPSA) is 90.5 Å². The number of para-hydroxylation sites is 1. The molecule has 0 N–H and O–H groups in total. The van der Waals surface area contributed by atoms with Crippen LogP contribution in [0.1, 0.15) is 0 Å². The molecule has 0 fully saturated rings. The Balaban J connectivity index is 1.12. The molecular weight excluding hydrogens is 709 g/mol. The standard InChI is InChI=1S/C48H28N6OS/c1-4-14-29(15-5-1)43-49-44(30-16-6-2-7-17-30)53-48(52-43)35-22-13-25-40-42(35)36-28-32(26-27-39(36)56-40)46-50-45(31-18-8-3-9-19-31)51-47(54-46)34-21-12-24-38-41(34)33-20-10-11-23-37(33)55-38/h1-28H. The summed E-state index contributed by atoms with van der Waals surface area (Å²) in [6.45, 7) is 0. The van der Waals surface area contributed by atoms with E-state index in [2.05, 4.69) is 48.5 Å². The zero-order chi connectivity index (χ0) is 37.0. The molecule has 4 heterocycles. The zero-order valence-electron chi connectivity index (χ0n) is 29.7. The van der Waals surface area contributed by atoms with E-state index in [1.807, 2.05) is 121 Å². The fourth-order valence-electron chi connectivity index (χ4n) is 7.38. The molecule has 0 saturated carbocycles. The molecule has 8 heteroatoms. The van der Waals surface area contributed by atoms with Gasteiger partial charge in [-0.3, -0.25) is 0 Å². The largest absolute Gasteiger partial charge is 0.456 e. The van der Waals surface area contributed by atoms with Crippen LogP contribution in [0.25, 0.3) is 110 Å². The van der Waals surface area contributed by atoms with Crippen LogP contribution in [0.3, 0.4) is 0 Å². The predicted octanol–water partition coefficient (Wildman–Crippen LogP) is 12.3.